The third-order valence-corrected chi connectivity index (χ3v) is 3.85. The first-order chi connectivity index (χ1) is 10.3. The van der Waals surface area contributed by atoms with Crippen LogP contribution in [-0.2, 0) is 4.74 Å². The van der Waals surface area contributed by atoms with Crippen molar-refractivity contribution >= 4 is 23.3 Å². The highest BCUT2D eigenvalue weighted by Crippen LogP contribution is 2.36. The van der Waals surface area contributed by atoms with Gasteiger partial charge >= 0.3 is 12.1 Å². The van der Waals surface area contributed by atoms with Gasteiger partial charge < -0.3 is 9.64 Å². The van der Waals surface area contributed by atoms with Crippen LogP contribution in [0, 0.1) is 5.92 Å². The fourth-order valence-electron chi connectivity index (χ4n) is 2.50. The van der Waals surface area contributed by atoms with E-state index in [4.69, 9.17) is 16.3 Å². The minimum atomic E-state index is -4.17. The van der Waals surface area contributed by atoms with Crippen LogP contribution in [0.4, 0.5) is 18.9 Å². The summed E-state index contributed by atoms with van der Waals surface area (Å²) in [5.41, 5.74) is 0.691. The van der Waals surface area contributed by atoms with E-state index >= 15 is 0 Å². The highest BCUT2D eigenvalue weighted by atomic mass is 35.5. The zero-order chi connectivity index (χ0) is 16.3. The van der Waals surface area contributed by atoms with Gasteiger partial charge in [0.15, 0.2) is 0 Å². The summed E-state index contributed by atoms with van der Waals surface area (Å²) in [6.45, 7) is 2.29. The minimum absolute atomic E-state index is 0.00823. The van der Waals surface area contributed by atoms with Crippen LogP contribution in [0.2, 0.25) is 5.15 Å². The summed E-state index contributed by atoms with van der Waals surface area (Å²) < 4.78 is 43.1. The van der Waals surface area contributed by atoms with Crippen molar-refractivity contribution in [2.75, 3.05) is 24.6 Å². The van der Waals surface area contributed by atoms with E-state index in [9.17, 15) is 18.0 Å². The second kappa shape index (κ2) is 6.73. The number of halogens is 4. The molecule has 22 heavy (non-hydrogen) atoms. The monoisotopic (exact) mass is 336 g/mol. The SMILES string of the molecule is CCOC(=O)c1cnc(Cl)cc1N1CCC(C(F)(F)F)CC1. The van der Waals surface area contributed by atoms with E-state index in [1.807, 2.05) is 0 Å². The number of anilines is 1. The second-order valence-electron chi connectivity index (χ2n) is 5.05. The Balaban J connectivity index is 2.19. The summed E-state index contributed by atoms with van der Waals surface area (Å²) in [5.74, 6) is -1.85. The molecule has 1 fully saturated rings. The second-order valence-corrected chi connectivity index (χ2v) is 5.43. The smallest absolute Gasteiger partial charge is 0.391 e. The average molecular weight is 337 g/mol. The highest BCUT2D eigenvalue weighted by molar-refractivity contribution is 6.29. The number of nitrogens with zero attached hydrogens (tertiary/aromatic N) is 2. The first kappa shape index (κ1) is 16.9. The van der Waals surface area contributed by atoms with Crippen LogP contribution in [0.15, 0.2) is 12.3 Å². The summed E-state index contributed by atoms with van der Waals surface area (Å²) in [6.07, 6.45) is -2.89. The number of carbonyl (C=O) groups is 1. The zero-order valence-corrected chi connectivity index (χ0v) is 12.7. The van der Waals surface area contributed by atoms with E-state index < -0.39 is 18.1 Å². The Morgan fingerprint density at radius 2 is 2.09 bits per heavy atom. The van der Waals surface area contributed by atoms with E-state index in [1.54, 1.807) is 11.8 Å². The molecule has 1 saturated heterocycles. The Labute approximate surface area is 131 Å². The standard InChI is InChI=1S/C14H16ClF3N2O2/c1-2-22-13(21)10-8-19-12(15)7-11(10)20-5-3-9(4-6-20)14(16,17)18/h7-9H,2-6H2,1H3. The number of hydrogen-bond acceptors (Lipinski definition) is 4. The Kier molecular flexibility index (Phi) is 5.16. The molecule has 122 valence electrons. The molecule has 0 atom stereocenters. The quantitative estimate of drug-likeness (QED) is 0.623. The lowest BCUT2D eigenvalue weighted by atomic mass is 9.95. The fraction of sp³-hybridized carbons (Fsp3) is 0.571. The van der Waals surface area contributed by atoms with Crippen LogP contribution in [0.5, 0.6) is 0 Å². The van der Waals surface area contributed by atoms with E-state index in [1.165, 1.54) is 12.3 Å². The molecule has 0 N–H and O–H groups in total. The first-order valence-corrected chi connectivity index (χ1v) is 7.35. The third kappa shape index (κ3) is 3.82. The molecule has 0 radical (unpaired) electrons. The van der Waals surface area contributed by atoms with Crippen molar-refractivity contribution in [2.45, 2.75) is 25.9 Å². The molecule has 1 aromatic heterocycles. The van der Waals surface area contributed by atoms with Crippen molar-refractivity contribution in [2.24, 2.45) is 5.92 Å². The van der Waals surface area contributed by atoms with Crippen molar-refractivity contribution in [1.82, 2.24) is 4.98 Å². The molecule has 0 saturated carbocycles. The predicted octanol–water partition coefficient (Wildman–Crippen LogP) is 3.69. The Hall–Kier alpha value is -1.50. The number of aromatic nitrogens is 1. The minimum Gasteiger partial charge on any atom is -0.462 e. The van der Waals surface area contributed by atoms with Crippen molar-refractivity contribution in [1.29, 1.82) is 0 Å². The van der Waals surface area contributed by atoms with Crippen LogP contribution in [0.3, 0.4) is 0 Å². The molecule has 1 aliphatic heterocycles. The lowest BCUT2D eigenvalue weighted by Crippen LogP contribution is -2.39. The number of hydrogen-bond donors (Lipinski definition) is 0. The Bertz CT molecular complexity index is 543. The number of piperidine rings is 1. The molecule has 0 unspecified atom stereocenters. The Morgan fingerprint density at radius 1 is 1.45 bits per heavy atom. The average Bonchev–Trinajstić information content (AvgIpc) is 2.46. The van der Waals surface area contributed by atoms with E-state index in [0.29, 0.717) is 5.69 Å². The van der Waals surface area contributed by atoms with Crippen molar-refractivity contribution in [3.63, 3.8) is 0 Å². The van der Waals surface area contributed by atoms with Gasteiger partial charge in [-0.1, -0.05) is 11.6 Å². The normalized spacial score (nSPS) is 16.7. The Morgan fingerprint density at radius 3 is 2.64 bits per heavy atom. The predicted molar refractivity (Wildman–Crippen MR) is 76.2 cm³/mol. The number of carbonyl (C=O) groups excluding carboxylic acids is 1. The number of pyridine rings is 1. The van der Waals surface area contributed by atoms with Crippen LogP contribution < -0.4 is 4.90 Å². The summed E-state index contributed by atoms with van der Waals surface area (Å²) in [6, 6.07) is 1.49. The molecule has 8 heteroatoms. The summed E-state index contributed by atoms with van der Waals surface area (Å²) in [7, 11) is 0. The van der Waals surface area contributed by atoms with Gasteiger partial charge in [0.25, 0.3) is 0 Å². The van der Waals surface area contributed by atoms with Gasteiger partial charge in [0.1, 0.15) is 10.7 Å². The van der Waals surface area contributed by atoms with E-state index in [-0.39, 0.29) is 43.3 Å². The van der Waals surface area contributed by atoms with Crippen molar-refractivity contribution in [3.05, 3.63) is 23.0 Å². The topological polar surface area (TPSA) is 42.4 Å². The molecule has 0 bridgehead atoms. The summed E-state index contributed by atoms with van der Waals surface area (Å²) >= 11 is 5.85. The maximum Gasteiger partial charge on any atom is 0.391 e. The molecule has 0 amide bonds. The van der Waals surface area contributed by atoms with Gasteiger partial charge in [-0.05, 0) is 25.8 Å². The van der Waals surface area contributed by atoms with Gasteiger partial charge in [0.05, 0.1) is 18.2 Å². The number of esters is 1. The van der Waals surface area contributed by atoms with Gasteiger partial charge in [-0.25, -0.2) is 9.78 Å². The molecule has 0 aromatic carbocycles. The van der Waals surface area contributed by atoms with Crippen LogP contribution >= 0.6 is 11.6 Å². The third-order valence-electron chi connectivity index (χ3n) is 3.64. The van der Waals surface area contributed by atoms with Crippen LogP contribution in [0.1, 0.15) is 30.1 Å². The maximum atomic E-state index is 12.7. The highest BCUT2D eigenvalue weighted by Gasteiger charge is 2.41. The lowest BCUT2D eigenvalue weighted by molar-refractivity contribution is -0.179. The molecule has 4 nitrogen and oxygen atoms in total. The van der Waals surface area contributed by atoms with Gasteiger partial charge in [-0.15, -0.1) is 0 Å². The van der Waals surface area contributed by atoms with Crippen LogP contribution in [-0.4, -0.2) is 36.8 Å². The van der Waals surface area contributed by atoms with Gasteiger partial charge in [-0.2, -0.15) is 13.2 Å². The van der Waals surface area contributed by atoms with Gasteiger partial charge in [0.2, 0.25) is 0 Å². The van der Waals surface area contributed by atoms with Crippen molar-refractivity contribution in [3.8, 4) is 0 Å². The fourth-order valence-corrected chi connectivity index (χ4v) is 2.65. The molecule has 0 spiro atoms. The molecule has 1 aromatic rings. The number of rotatable bonds is 3. The molecule has 0 aliphatic carbocycles. The molecular formula is C14H16ClF3N2O2. The summed E-state index contributed by atoms with van der Waals surface area (Å²) in [4.78, 5) is 17.5. The lowest BCUT2D eigenvalue weighted by Gasteiger charge is -2.35. The van der Waals surface area contributed by atoms with Crippen molar-refractivity contribution < 1.29 is 22.7 Å². The number of alkyl halides is 3. The first-order valence-electron chi connectivity index (χ1n) is 6.97. The van der Waals surface area contributed by atoms with Gasteiger partial charge in [0, 0.05) is 19.3 Å². The van der Waals surface area contributed by atoms with Gasteiger partial charge in [-0.3, -0.25) is 0 Å². The van der Waals surface area contributed by atoms with E-state index in [2.05, 4.69) is 4.98 Å². The summed E-state index contributed by atoms with van der Waals surface area (Å²) in [5, 5.41) is 0.181. The number of ether oxygens (including phenoxy) is 1. The molecule has 2 heterocycles. The maximum absolute atomic E-state index is 12.7. The largest absolute Gasteiger partial charge is 0.462 e. The molecular weight excluding hydrogens is 321 g/mol. The van der Waals surface area contributed by atoms with Crippen LogP contribution in [0.25, 0.3) is 0 Å². The van der Waals surface area contributed by atoms with E-state index in [0.717, 1.165) is 0 Å². The zero-order valence-electron chi connectivity index (χ0n) is 12.0. The molecule has 1 aliphatic rings. The molecule has 2 rings (SSSR count).